The lowest BCUT2D eigenvalue weighted by molar-refractivity contribution is -0.131. The maximum Gasteiger partial charge on any atom is 0.335 e. The van der Waals surface area contributed by atoms with Gasteiger partial charge in [-0.3, -0.25) is 24.0 Å². The summed E-state index contributed by atoms with van der Waals surface area (Å²) in [6.07, 6.45) is 23.6. The first-order chi connectivity index (χ1) is 58.4. The van der Waals surface area contributed by atoms with Gasteiger partial charge in [-0.2, -0.15) is 0 Å². The van der Waals surface area contributed by atoms with Crippen molar-refractivity contribution in [3.8, 4) is 33.8 Å². The van der Waals surface area contributed by atoms with E-state index in [1.807, 2.05) is 81.5 Å². The van der Waals surface area contributed by atoms with E-state index in [1.54, 1.807) is 36.4 Å². The van der Waals surface area contributed by atoms with Gasteiger partial charge in [0.1, 0.15) is 0 Å². The zero-order chi connectivity index (χ0) is 84.9. The van der Waals surface area contributed by atoms with Crippen molar-refractivity contribution in [1.82, 2.24) is 37.8 Å². The van der Waals surface area contributed by atoms with Crippen molar-refractivity contribution in [2.75, 3.05) is 96.2 Å². The van der Waals surface area contributed by atoms with Crippen LogP contribution in [0.25, 0.3) is 84.7 Å². The summed E-state index contributed by atoms with van der Waals surface area (Å²) >= 11 is 0. The molecule has 0 unspecified atom stereocenters. The van der Waals surface area contributed by atoms with Crippen LogP contribution in [0.2, 0.25) is 0 Å². The highest BCUT2D eigenvalue weighted by atomic mass is 32.2. The van der Waals surface area contributed by atoms with Crippen LogP contribution in [-0.4, -0.2) is 190 Å². The summed E-state index contributed by atoms with van der Waals surface area (Å²) in [5.41, 5.74) is 19.0. The topological polar surface area (TPSA) is 327 Å². The number of hydrogen-bond acceptors (Lipinski definition) is 15. The molecule has 0 atom stereocenters. The molecule has 3 aromatic heterocycles. The summed E-state index contributed by atoms with van der Waals surface area (Å²) in [6.45, 7) is 12.3. The number of morpholine rings is 3. The minimum absolute atomic E-state index is 0.00467. The van der Waals surface area contributed by atoms with Gasteiger partial charge in [-0.05, 0) is 165 Å². The molecular formula is C93H107N9O16S3. The SMILES string of the molecule is CCS(=O)(=O)NC(=O)c1ccc2c(C3CCCCC3)c3n(c2c1)CC(C(=O)N1CCOCC1)=Cc1ccccc1-3.CCS(=O)(=O)NC(=O)c1ccc2c(C3CCCCC3)c3n(c2c1)CC(C(=O)N1CCOCC1)=Cc1ccccc1-3.CCS(N)(=O)=O.O=C(O)c1ccc2c(C3CCCCC3)c3n(c2c1)CC(C(=O)N1CCOCC1)=Cc1ccccc1-3. The lowest BCUT2D eigenvalue weighted by atomic mass is 9.81. The van der Waals surface area contributed by atoms with Crippen LogP contribution in [0.4, 0.5) is 0 Å². The number of amides is 5. The lowest BCUT2D eigenvalue weighted by Gasteiger charge is -2.28. The number of aromatic nitrogens is 3. The van der Waals surface area contributed by atoms with Crippen molar-refractivity contribution in [2.45, 2.75) is 154 Å². The fourth-order valence-corrected chi connectivity index (χ4v) is 20.0. The van der Waals surface area contributed by atoms with Crippen molar-refractivity contribution < 1.29 is 73.3 Å². The summed E-state index contributed by atoms with van der Waals surface area (Å²) in [4.78, 5) is 84.7. The number of carboxylic acids is 1. The van der Waals surface area contributed by atoms with Gasteiger partial charge in [0.2, 0.25) is 30.1 Å². The van der Waals surface area contributed by atoms with Crippen LogP contribution < -0.4 is 14.6 Å². The van der Waals surface area contributed by atoms with Crippen LogP contribution in [0.5, 0.6) is 0 Å². The molecule has 0 spiro atoms. The van der Waals surface area contributed by atoms with E-state index in [0.29, 0.717) is 127 Å². The quantitative estimate of drug-likeness (QED) is 0.0786. The molecule has 6 aliphatic heterocycles. The van der Waals surface area contributed by atoms with Gasteiger partial charge in [0, 0.05) is 117 Å². The van der Waals surface area contributed by atoms with Gasteiger partial charge in [-0.25, -0.2) is 44.6 Å². The summed E-state index contributed by atoms with van der Waals surface area (Å²) in [5, 5.41) is 17.5. The molecule has 3 saturated heterocycles. The summed E-state index contributed by atoms with van der Waals surface area (Å²) in [5.74, 6) is -1.36. The predicted octanol–water partition coefficient (Wildman–Crippen LogP) is 14.0. The number of nitrogens with zero attached hydrogens (tertiary/aromatic N) is 6. The molecule has 0 radical (unpaired) electrons. The number of nitrogens with two attached hydrogens (primary N) is 1. The third-order valence-corrected chi connectivity index (χ3v) is 28.4. The average Bonchev–Trinajstić information content (AvgIpc) is 1.59. The first kappa shape index (κ1) is 85.6. The van der Waals surface area contributed by atoms with Crippen molar-refractivity contribution in [2.24, 2.45) is 5.14 Å². The average molecular weight is 1700 g/mol. The molecule has 3 saturated carbocycles. The molecule has 6 fully saturated rings. The van der Waals surface area contributed by atoms with Crippen LogP contribution in [0.3, 0.4) is 0 Å². The van der Waals surface area contributed by atoms with Crippen molar-refractivity contribution >= 4 is 117 Å². The number of nitrogens with one attached hydrogen (secondary N) is 2. The first-order valence-corrected chi connectivity index (χ1v) is 47.7. The predicted molar refractivity (Wildman–Crippen MR) is 470 cm³/mol. The monoisotopic (exact) mass is 1700 g/mol. The molecule has 25 nitrogen and oxygen atoms in total. The molecule has 5 amide bonds. The Morgan fingerprint density at radius 2 is 0.661 bits per heavy atom. The normalized spacial score (nSPS) is 17.9. The molecule has 9 heterocycles. The van der Waals surface area contributed by atoms with Gasteiger partial charge in [-0.15, -0.1) is 0 Å². The van der Waals surface area contributed by atoms with Gasteiger partial charge in [0.15, 0.2) is 0 Å². The van der Waals surface area contributed by atoms with E-state index in [-0.39, 0.29) is 51.7 Å². The van der Waals surface area contributed by atoms with Crippen molar-refractivity contribution in [1.29, 1.82) is 0 Å². The Labute approximate surface area is 707 Å². The molecule has 0 bridgehead atoms. The van der Waals surface area contributed by atoms with E-state index in [0.717, 1.165) is 127 Å². The molecule has 6 aromatic carbocycles. The van der Waals surface area contributed by atoms with Crippen LogP contribution in [0.1, 0.15) is 199 Å². The molecule has 9 aromatic rings. The largest absolute Gasteiger partial charge is 0.478 e. The zero-order valence-electron chi connectivity index (χ0n) is 69.0. The number of rotatable bonds is 14. The number of sulfonamides is 3. The van der Waals surface area contributed by atoms with Crippen LogP contribution in [0, 0.1) is 0 Å². The number of carbonyl (C=O) groups excluding carboxylic acids is 5. The highest BCUT2D eigenvalue weighted by molar-refractivity contribution is 7.90. The Morgan fingerprint density at radius 3 is 0.934 bits per heavy atom. The molecule has 18 rings (SSSR count). The second kappa shape index (κ2) is 37.2. The Balaban J connectivity index is 0.000000137. The Hall–Kier alpha value is -10.3. The number of carbonyl (C=O) groups is 6. The number of ether oxygens (including phenoxy) is 3. The minimum atomic E-state index is -3.70. The molecule has 5 N–H and O–H groups in total. The number of fused-ring (bicyclic) bond motifs is 15. The number of benzene rings is 6. The summed E-state index contributed by atoms with van der Waals surface area (Å²) < 4.78 is 95.5. The summed E-state index contributed by atoms with van der Waals surface area (Å²) in [6, 6.07) is 41.2. The van der Waals surface area contributed by atoms with E-state index >= 15 is 0 Å². The van der Waals surface area contributed by atoms with E-state index in [4.69, 9.17) is 14.2 Å². The number of hydrogen-bond donors (Lipinski definition) is 4. The van der Waals surface area contributed by atoms with Crippen molar-refractivity contribution in [3.63, 3.8) is 0 Å². The number of carboxylic acid groups (broad SMARTS) is 1. The first-order valence-electron chi connectivity index (χ1n) is 42.7. The molecular weight excluding hydrogens is 1600 g/mol. The number of primary sulfonamides is 1. The standard InChI is InChI=1S/2C31H35N3O5S.C29H30N2O4.C2H7NO2S/c2*1-2-40(37,38)32-30(35)23-12-13-26-27(19-23)34-20-24(31(36)33-14-16-39-17-15-33)18-22-10-6-7-11-25(22)29(34)28(26)21-8-4-3-5-9-21;32-28(30-12-14-35-15-13-30)22-16-20-8-4-5-9-23(20)27-26(19-6-2-1-3-7-19)24-11-10-21(29(33)34)17-25(24)31(27)18-22;1-2-6(3,4)5/h2*6-7,10-13,18-19,21H,2-5,8-9,14-17,20H2,1H3,(H,32,35);4-5,8-11,16-17,19H,1-3,6-7,12-15,18H2,(H,33,34);2H2,1H3,(H2,3,4,5). The molecule has 638 valence electrons. The van der Waals surface area contributed by atoms with Crippen LogP contribution in [-0.2, 0) is 78.3 Å². The third-order valence-electron chi connectivity index (χ3n) is 25.1. The van der Waals surface area contributed by atoms with Gasteiger partial charge in [-0.1, -0.05) is 149 Å². The summed E-state index contributed by atoms with van der Waals surface area (Å²) in [7, 11) is -10.6. The molecule has 3 aliphatic carbocycles. The Kier molecular flexibility index (Phi) is 26.3. The maximum atomic E-state index is 13.8. The lowest BCUT2D eigenvalue weighted by Crippen LogP contribution is -2.41. The fourth-order valence-electron chi connectivity index (χ4n) is 18.9. The second-order valence-corrected chi connectivity index (χ2v) is 38.6. The van der Waals surface area contributed by atoms with Crippen LogP contribution >= 0.6 is 0 Å². The van der Waals surface area contributed by atoms with E-state index < -0.39 is 47.9 Å². The van der Waals surface area contributed by atoms with E-state index in [2.05, 4.69) is 70.7 Å². The maximum absolute atomic E-state index is 13.8. The van der Waals surface area contributed by atoms with Crippen molar-refractivity contribution in [3.05, 3.63) is 194 Å². The highest BCUT2D eigenvalue weighted by Gasteiger charge is 2.37. The van der Waals surface area contributed by atoms with Gasteiger partial charge >= 0.3 is 5.97 Å². The number of aromatic carboxylic acids is 1. The smallest absolute Gasteiger partial charge is 0.335 e. The fraction of sp³-hybridized carbons (Fsp3) is 0.419. The molecule has 9 aliphatic rings. The molecule has 28 heteroatoms. The Bertz CT molecular complexity index is 5720. The zero-order valence-corrected chi connectivity index (χ0v) is 71.4. The van der Waals surface area contributed by atoms with E-state index in [1.165, 1.54) is 95.2 Å². The molecule has 121 heavy (non-hydrogen) atoms. The third kappa shape index (κ3) is 18.7. The highest BCUT2D eigenvalue weighted by Crippen LogP contribution is 2.51. The van der Waals surface area contributed by atoms with Gasteiger partial charge < -0.3 is 47.7 Å². The van der Waals surface area contributed by atoms with E-state index in [9.17, 15) is 59.1 Å². The second-order valence-electron chi connectivity index (χ2n) is 32.7. The Morgan fingerprint density at radius 1 is 0.388 bits per heavy atom. The van der Waals surface area contributed by atoms with Crippen LogP contribution in [0.15, 0.2) is 144 Å². The van der Waals surface area contributed by atoms with Gasteiger partial charge in [0.25, 0.3) is 29.5 Å². The van der Waals surface area contributed by atoms with Gasteiger partial charge in [0.05, 0.1) is 99.2 Å². The minimum Gasteiger partial charge on any atom is -0.478 e.